The van der Waals surface area contributed by atoms with Crippen LogP contribution in [0.2, 0.25) is 0 Å². The van der Waals surface area contributed by atoms with Gasteiger partial charge in [0.05, 0.1) is 16.9 Å². The summed E-state index contributed by atoms with van der Waals surface area (Å²) < 4.78 is 43.2. The summed E-state index contributed by atoms with van der Waals surface area (Å²) in [6.45, 7) is 0.0102. The predicted octanol–water partition coefficient (Wildman–Crippen LogP) is 1.63. The van der Waals surface area contributed by atoms with Crippen molar-refractivity contribution in [1.29, 1.82) is 0 Å². The zero-order valence-electron chi connectivity index (χ0n) is 11.0. The first-order chi connectivity index (χ1) is 10.3. The lowest BCUT2D eigenvalue weighted by Gasteiger charge is -2.27. The molecule has 3 rings (SSSR count). The van der Waals surface area contributed by atoms with E-state index in [4.69, 9.17) is 4.74 Å². The molecule has 0 radical (unpaired) electrons. The number of hydrogen-bond donors (Lipinski definition) is 3. The summed E-state index contributed by atoms with van der Waals surface area (Å²) in [7, 11) is 0. The highest BCUT2D eigenvalue weighted by atomic mass is 19.4. The van der Waals surface area contributed by atoms with Crippen LogP contribution in [0.25, 0.3) is 0 Å². The van der Waals surface area contributed by atoms with E-state index in [1.54, 1.807) is 0 Å². The summed E-state index contributed by atoms with van der Waals surface area (Å²) in [6.07, 6.45) is -3.13. The van der Waals surface area contributed by atoms with Crippen LogP contribution in [0.4, 0.5) is 18.9 Å². The van der Waals surface area contributed by atoms with Crippen molar-refractivity contribution in [3.05, 3.63) is 56.4 Å². The standard InChI is InChI=1S/C13H10F3N3O3/c14-13(15,16)6-1-2-7-10(3-6)22-5-9(18-7)8-4-17-11(20)12(21)19-8/h1-4,9,18H,5H2,(H,17,20)(H,19,21). The predicted molar refractivity (Wildman–Crippen MR) is 71.0 cm³/mol. The average Bonchev–Trinajstić information content (AvgIpc) is 2.48. The van der Waals surface area contributed by atoms with E-state index in [9.17, 15) is 22.8 Å². The molecule has 9 heteroatoms. The van der Waals surface area contributed by atoms with Crippen molar-refractivity contribution in [2.45, 2.75) is 12.2 Å². The maximum absolute atomic E-state index is 12.6. The Morgan fingerprint density at radius 2 is 1.95 bits per heavy atom. The molecule has 3 N–H and O–H groups in total. The van der Waals surface area contributed by atoms with Gasteiger partial charge < -0.3 is 20.0 Å². The van der Waals surface area contributed by atoms with E-state index < -0.39 is 28.9 Å². The van der Waals surface area contributed by atoms with E-state index in [1.807, 2.05) is 0 Å². The Labute approximate surface area is 120 Å². The topological polar surface area (TPSA) is 87.0 Å². The highest BCUT2D eigenvalue weighted by molar-refractivity contribution is 5.60. The number of fused-ring (bicyclic) bond motifs is 1. The minimum Gasteiger partial charge on any atom is -0.489 e. The second-order valence-corrected chi connectivity index (χ2v) is 4.74. The summed E-state index contributed by atoms with van der Waals surface area (Å²) in [5, 5.41) is 2.95. The Morgan fingerprint density at radius 3 is 2.64 bits per heavy atom. The summed E-state index contributed by atoms with van der Waals surface area (Å²) in [6, 6.07) is 2.61. The molecule has 6 nitrogen and oxygen atoms in total. The van der Waals surface area contributed by atoms with Gasteiger partial charge in [-0.25, -0.2) is 0 Å². The van der Waals surface area contributed by atoms with Crippen molar-refractivity contribution in [2.75, 3.05) is 11.9 Å². The molecule has 1 atom stereocenters. The number of anilines is 1. The summed E-state index contributed by atoms with van der Waals surface area (Å²) >= 11 is 0. The Morgan fingerprint density at radius 1 is 1.18 bits per heavy atom. The molecule has 1 aromatic carbocycles. The van der Waals surface area contributed by atoms with Gasteiger partial charge >= 0.3 is 17.3 Å². The first-order valence-corrected chi connectivity index (χ1v) is 6.27. The Kier molecular flexibility index (Phi) is 3.19. The van der Waals surface area contributed by atoms with E-state index in [0.29, 0.717) is 11.4 Å². The maximum atomic E-state index is 12.6. The molecular weight excluding hydrogens is 303 g/mol. The first-order valence-electron chi connectivity index (χ1n) is 6.27. The highest BCUT2D eigenvalue weighted by Crippen LogP contribution is 2.38. The molecule has 0 aliphatic carbocycles. The van der Waals surface area contributed by atoms with Crippen molar-refractivity contribution >= 4 is 5.69 Å². The number of benzene rings is 1. The Balaban J connectivity index is 1.89. The minimum absolute atomic E-state index is 0.0102. The van der Waals surface area contributed by atoms with Crippen molar-refractivity contribution in [3.8, 4) is 5.75 Å². The maximum Gasteiger partial charge on any atom is 0.416 e. The second kappa shape index (κ2) is 4.93. The van der Waals surface area contributed by atoms with Gasteiger partial charge in [0.25, 0.3) is 0 Å². The third-order valence-corrected chi connectivity index (χ3v) is 3.24. The van der Waals surface area contributed by atoms with Crippen molar-refractivity contribution < 1.29 is 17.9 Å². The van der Waals surface area contributed by atoms with E-state index in [2.05, 4.69) is 15.3 Å². The number of H-pyrrole nitrogens is 2. The van der Waals surface area contributed by atoms with Gasteiger partial charge in [0, 0.05) is 6.20 Å². The zero-order valence-corrected chi connectivity index (χ0v) is 11.0. The Bertz CT molecular complexity index is 826. The van der Waals surface area contributed by atoms with E-state index in [-0.39, 0.29) is 12.4 Å². The smallest absolute Gasteiger partial charge is 0.416 e. The summed E-state index contributed by atoms with van der Waals surface area (Å²) in [5.74, 6) is 0.0813. The number of rotatable bonds is 1. The fraction of sp³-hybridized carbons (Fsp3) is 0.231. The van der Waals surface area contributed by atoms with Crippen LogP contribution < -0.4 is 21.2 Å². The third kappa shape index (κ3) is 2.57. The normalized spacial score (nSPS) is 17.3. The molecule has 0 fully saturated rings. The molecule has 116 valence electrons. The highest BCUT2D eigenvalue weighted by Gasteiger charge is 2.32. The average molecular weight is 313 g/mol. The minimum atomic E-state index is -4.45. The largest absolute Gasteiger partial charge is 0.489 e. The van der Waals surface area contributed by atoms with Crippen LogP contribution in [0.5, 0.6) is 5.75 Å². The molecule has 0 spiro atoms. The van der Waals surface area contributed by atoms with Crippen LogP contribution >= 0.6 is 0 Å². The Hall–Kier alpha value is -2.71. The van der Waals surface area contributed by atoms with Gasteiger partial charge in [-0.1, -0.05) is 0 Å². The van der Waals surface area contributed by atoms with Gasteiger partial charge in [-0.15, -0.1) is 0 Å². The van der Waals surface area contributed by atoms with Gasteiger partial charge in [-0.3, -0.25) is 9.59 Å². The van der Waals surface area contributed by atoms with Crippen LogP contribution in [0.3, 0.4) is 0 Å². The molecule has 1 unspecified atom stereocenters. The van der Waals surface area contributed by atoms with Gasteiger partial charge in [-0.2, -0.15) is 13.2 Å². The fourth-order valence-electron chi connectivity index (χ4n) is 2.13. The zero-order chi connectivity index (χ0) is 15.9. The van der Waals surface area contributed by atoms with E-state index >= 15 is 0 Å². The van der Waals surface area contributed by atoms with Gasteiger partial charge in [0.1, 0.15) is 18.4 Å². The molecule has 0 saturated carbocycles. The number of ether oxygens (including phenoxy) is 1. The van der Waals surface area contributed by atoms with Crippen LogP contribution in [0.1, 0.15) is 17.3 Å². The van der Waals surface area contributed by atoms with E-state index in [1.165, 1.54) is 12.3 Å². The van der Waals surface area contributed by atoms with Crippen LogP contribution in [-0.4, -0.2) is 16.6 Å². The molecule has 0 saturated heterocycles. The summed E-state index contributed by atoms with van der Waals surface area (Å²) in [5.41, 5.74) is -1.65. The van der Waals surface area contributed by atoms with Crippen LogP contribution in [0.15, 0.2) is 34.0 Å². The number of nitrogens with one attached hydrogen (secondary N) is 3. The number of aromatic amines is 2. The molecule has 22 heavy (non-hydrogen) atoms. The number of aromatic nitrogens is 2. The number of hydrogen-bond acceptors (Lipinski definition) is 4. The molecule has 2 heterocycles. The molecule has 1 aliphatic rings. The van der Waals surface area contributed by atoms with Crippen molar-refractivity contribution in [1.82, 2.24) is 9.97 Å². The first kappa shape index (κ1) is 14.2. The number of halogens is 3. The lowest BCUT2D eigenvalue weighted by atomic mass is 10.1. The molecular formula is C13H10F3N3O3. The monoisotopic (exact) mass is 313 g/mol. The lowest BCUT2D eigenvalue weighted by Crippen LogP contribution is -2.33. The van der Waals surface area contributed by atoms with Gasteiger partial charge in [0.2, 0.25) is 0 Å². The summed E-state index contributed by atoms with van der Waals surface area (Å²) in [4.78, 5) is 27.0. The molecule has 2 aromatic rings. The third-order valence-electron chi connectivity index (χ3n) is 3.24. The van der Waals surface area contributed by atoms with Crippen molar-refractivity contribution in [3.63, 3.8) is 0 Å². The second-order valence-electron chi connectivity index (χ2n) is 4.74. The number of alkyl halides is 3. The fourth-order valence-corrected chi connectivity index (χ4v) is 2.13. The van der Waals surface area contributed by atoms with Gasteiger partial charge in [-0.05, 0) is 18.2 Å². The SMILES string of the molecule is O=c1[nH]cc(C2COc3cc(C(F)(F)F)ccc3N2)[nH]c1=O. The molecule has 0 bridgehead atoms. The van der Waals surface area contributed by atoms with Crippen molar-refractivity contribution in [2.24, 2.45) is 0 Å². The quantitative estimate of drug-likeness (QED) is 0.698. The van der Waals surface area contributed by atoms with E-state index in [0.717, 1.165) is 12.1 Å². The van der Waals surface area contributed by atoms with Gasteiger partial charge in [0.15, 0.2) is 0 Å². The van der Waals surface area contributed by atoms with Crippen LogP contribution in [0, 0.1) is 0 Å². The lowest BCUT2D eigenvalue weighted by molar-refractivity contribution is -0.137. The molecule has 1 aromatic heterocycles. The van der Waals surface area contributed by atoms with Crippen LogP contribution in [-0.2, 0) is 6.18 Å². The molecule has 1 aliphatic heterocycles. The molecule has 0 amide bonds.